The maximum absolute atomic E-state index is 11.8. The number of anilines is 3. The van der Waals surface area contributed by atoms with Crippen LogP contribution in [0, 0.1) is 0 Å². The standard InChI is InChI=1S/C15H18N4O3/c1-4-22-14(21)12-9-16-15(18-13(12)20)17-10-5-7-11(8-6-10)19(2)3/h5-9H,4H2,1-3H3,(H2,16,17,18,20). The minimum absolute atomic E-state index is 0.115. The van der Waals surface area contributed by atoms with Gasteiger partial charge in [-0.1, -0.05) is 0 Å². The second-order valence-corrected chi connectivity index (χ2v) is 4.76. The Bertz CT molecular complexity index is 707. The molecule has 116 valence electrons. The summed E-state index contributed by atoms with van der Waals surface area (Å²) in [5, 5.41) is 2.97. The Morgan fingerprint density at radius 2 is 2.00 bits per heavy atom. The van der Waals surface area contributed by atoms with Crippen LogP contribution in [-0.4, -0.2) is 36.6 Å². The lowest BCUT2D eigenvalue weighted by Crippen LogP contribution is -2.21. The Morgan fingerprint density at radius 3 is 2.55 bits per heavy atom. The number of aromatic nitrogens is 2. The topological polar surface area (TPSA) is 87.3 Å². The van der Waals surface area contributed by atoms with Crippen LogP contribution in [0.5, 0.6) is 0 Å². The van der Waals surface area contributed by atoms with Crippen LogP contribution in [0.15, 0.2) is 35.3 Å². The number of esters is 1. The fourth-order valence-electron chi connectivity index (χ4n) is 1.79. The second-order valence-electron chi connectivity index (χ2n) is 4.76. The average Bonchev–Trinajstić information content (AvgIpc) is 2.48. The number of carbonyl (C=O) groups is 1. The van der Waals surface area contributed by atoms with Crippen molar-refractivity contribution in [2.24, 2.45) is 0 Å². The van der Waals surface area contributed by atoms with Crippen LogP contribution in [0.25, 0.3) is 0 Å². The van der Waals surface area contributed by atoms with Crippen molar-refractivity contribution in [3.05, 3.63) is 46.4 Å². The van der Waals surface area contributed by atoms with Gasteiger partial charge in [-0.15, -0.1) is 0 Å². The predicted molar refractivity (Wildman–Crippen MR) is 84.9 cm³/mol. The molecule has 7 nitrogen and oxygen atoms in total. The molecule has 0 saturated carbocycles. The molecular formula is C15H18N4O3. The van der Waals surface area contributed by atoms with E-state index < -0.39 is 11.5 Å². The van der Waals surface area contributed by atoms with Crippen LogP contribution < -0.4 is 15.8 Å². The van der Waals surface area contributed by atoms with E-state index in [1.165, 1.54) is 6.20 Å². The number of nitrogens with zero attached hydrogens (tertiary/aromatic N) is 2. The highest BCUT2D eigenvalue weighted by Gasteiger charge is 2.12. The third kappa shape index (κ3) is 3.63. The molecule has 1 aromatic heterocycles. The lowest BCUT2D eigenvalue weighted by molar-refractivity contribution is 0.0524. The molecule has 0 saturated heterocycles. The van der Waals surface area contributed by atoms with Crippen molar-refractivity contribution < 1.29 is 9.53 Å². The van der Waals surface area contributed by atoms with Gasteiger partial charge in [0.1, 0.15) is 5.56 Å². The van der Waals surface area contributed by atoms with Crippen LogP contribution >= 0.6 is 0 Å². The van der Waals surface area contributed by atoms with Crippen molar-refractivity contribution in [3.63, 3.8) is 0 Å². The average molecular weight is 302 g/mol. The van der Waals surface area contributed by atoms with E-state index in [0.29, 0.717) is 0 Å². The van der Waals surface area contributed by atoms with Gasteiger partial charge >= 0.3 is 5.97 Å². The van der Waals surface area contributed by atoms with Gasteiger partial charge in [-0.05, 0) is 31.2 Å². The number of benzene rings is 1. The lowest BCUT2D eigenvalue weighted by Gasteiger charge is -2.13. The summed E-state index contributed by atoms with van der Waals surface area (Å²) < 4.78 is 4.78. The van der Waals surface area contributed by atoms with Gasteiger partial charge in [0.2, 0.25) is 5.95 Å². The van der Waals surface area contributed by atoms with E-state index in [4.69, 9.17) is 4.74 Å². The summed E-state index contributed by atoms with van der Waals surface area (Å²) in [5.41, 5.74) is 1.18. The largest absolute Gasteiger partial charge is 0.462 e. The molecule has 0 aliphatic heterocycles. The first-order valence-electron chi connectivity index (χ1n) is 6.82. The van der Waals surface area contributed by atoms with Gasteiger partial charge in [0, 0.05) is 25.5 Å². The Labute approximate surface area is 127 Å². The summed E-state index contributed by atoms with van der Waals surface area (Å²) in [6, 6.07) is 7.62. The van der Waals surface area contributed by atoms with Crippen molar-refractivity contribution in [1.82, 2.24) is 9.97 Å². The summed E-state index contributed by atoms with van der Waals surface area (Å²) in [6.45, 7) is 1.88. The highest BCUT2D eigenvalue weighted by Crippen LogP contribution is 2.17. The van der Waals surface area contributed by atoms with Gasteiger partial charge in [-0.2, -0.15) is 0 Å². The monoisotopic (exact) mass is 302 g/mol. The van der Waals surface area contributed by atoms with E-state index in [-0.39, 0.29) is 18.1 Å². The number of nitrogens with one attached hydrogen (secondary N) is 2. The maximum atomic E-state index is 11.8. The number of H-pyrrole nitrogens is 1. The lowest BCUT2D eigenvalue weighted by atomic mass is 10.2. The van der Waals surface area contributed by atoms with Gasteiger partial charge < -0.3 is 15.0 Å². The normalized spacial score (nSPS) is 10.1. The van der Waals surface area contributed by atoms with Crippen LogP contribution in [0.4, 0.5) is 17.3 Å². The van der Waals surface area contributed by atoms with E-state index in [1.54, 1.807) is 6.92 Å². The Kier molecular flexibility index (Phi) is 4.77. The fraction of sp³-hybridized carbons (Fsp3) is 0.267. The van der Waals surface area contributed by atoms with Crippen molar-refractivity contribution in [1.29, 1.82) is 0 Å². The number of hydrogen-bond donors (Lipinski definition) is 2. The molecule has 2 rings (SSSR count). The highest BCUT2D eigenvalue weighted by molar-refractivity contribution is 5.88. The quantitative estimate of drug-likeness (QED) is 0.818. The third-order valence-corrected chi connectivity index (χ3v) is 2.94. The molecule has 2 aromatic rings. The number of carbonyl (C=O) groups excluding carboxylic acids is 1. The number of hydrogen-bond acceptors (Lipinski definition) is 6. The SMILES string of the molecule is CCOC(=O)c1cnc(Nc2ccc(N(C)C)cc2)[nH]c1=O. The minimum Gasteiger partial charge on any atom is -0.462 e. The van der Waals surface area contributed by atoms with Crippen LogP contribution in [0.2, 0.25) is 0 Å². The second kappa shape index (κ2) is 6.75. The maximum Gasteiger partial charge on any atom is 0.345 e. The Hall–Kier alpha value is -2.83. The number of ether oxygens (including phenoxy) is 1. The van der Waals surface area contributed by atoms with Crippen molar-refractivity contribution >= 4 is 23.3 Å². The van der Waals surface area contributed by atoms with Gasteiger partial charge in [0.25, 0.3) is 5.56 Å². The fourth-order valence-corrected chi connectivity index (χ4v) is 1.79. The highest BCUT2D eigenvalue weighted by atomic mass is 16.5. The van der Waals surface area contributed by atoms with E-state index in [2.05, 4.69) is 15.3 Å². The Morgan fingerprint density at radius 1 is 1.32 bits per heavy atom. The van der Waals surface area contributed by atoms with Crippen LogP contribution in [0.1, 0.15) is 17.3 Å². The molecule has 0 fully saturated rings. The van der Waals surface area contributed by atoms with Crippen molar-refractivity contribution in [3.8, 4) is 0 Å². The first-order chi connectivity index (χ1) is 10.5. The summed E-state index contributed by atoms with van der Waals surface area (Å²) in [6.07, 6.45) is 1.20. The first kappa shape index (κ1) is 15.6. The van der Waals surface area contributed by atoms with Gasteiger partial charge in [-0.25, -0.2) is 9.78 Å². The third-order valence-electron chi connectivity index (χ3n) is 2.94. The smallest absolute Gasteiger partial charge is 0.345 e. The minimum atomic E-state index is -0.682. The predicted octanol–water partition coefficient (Wildman–Crippen LogP) is 1.76. The molecule has 0 aliphatic carbocycles. The zero-order valence-corrected chi connectivity index (χ0v) is 12.7. The molecular weight excluding hydrogens is 284 g/mol. The molecule has 0 spiro atoms. The van der Waals surface area contributed by atoms with Gasteiger partial charge in [0.05, 0.1) is 12.8 Å². The molecule has 0 bridgehead atoms. The van der Waals surface area contributed by atoms with Crippen molar-refractivity contribution in [2.45, 2.75) is 6.92 Å². The van der Waals surface area contributed by atoms with Gasteiger partial charge in [-0.3, -0.25) is 9.78 Å². The summed E-state index contributed by atoms with van der Waals surface area (Å²) in [5.74, 6) is -0.422. The summed E-state index contributed by atoms with van der Waals surface area (Å²) >= 11 is 0. The summed E-state index contributed by atoms with van der Waals surface area (Å²) in [4.78, 5) is 31.9. The molecule has 0 unspecified atom stereocenters. The molecule has 0 radical (unpaired) electrons. The van der Waals surface area contributed by atoms with E-state index in [1.807, 2.05) is 43.3 Å². The molecule has 1 heterocycles. The zero-order chi connectivity index (χ0) is 16.1. The molecule has 0 amide bonds. The molecule has 0 atom stereocenters. The number of rotatable bonds is 5. The molecule has 1 aromatic carbocycles. The van der Waals surface area contributed by atoms with Crippen molar-refractivity contribution in [2.75, 3.05) is 30.9 Å². The van der Waals surface area contributed by atoms with E-state index >= 15 is 0 Å². The van der Waals surface area contributed by atoms with Gasteiger partial charge in [0.15, 0.2) is 0 Å². The molecule has 0 aliphatic rings. The van der Waals surface area contributed by atoms with Crippen LogP contribution in [-0.2, 0) is 4.74 Å². The zero-order valence-electron chi connectivity index (χ0n) is 12.7. The molecule has 7 heteroatoms. The Balaban J connectivity index is 2.15. The van der Waals surface area contributed by atoms with E-state index in [0.717, 1.165) is 11.4 Å². The number of aromatic amines is 1. The summed E-state index contributed by atoms with van der Waals surface area (Å²) in [7, 11) is 3.91. The van der Waals surface area contributed by atoms with E-state index in [9.17, 15) is 9.59 Å². The first-order valence-corrected chi connectivity index (χ1v) is 6.82. The molecule has 2 N–H and O–H groups in total. The van der Waals surface area contributed by atoms with Crippen LogP contribution in [0.3, 0.4) is 0 Å². The molecule has 22 heavy (non-hydrogen) atoms.